The topological polar surface area (TPSA) is 121 Å². The highest BCUT2D eigenvalue weighted by molar-refractivity contribution is 6.62. The van der Waals surface area contributed by atoms with Crippen molar-refractivity contribution in [3.8, 4) is 11.5 Å². The number of aromatic carboxylic acids is 1. The Morgan fingerprint density at radius 3 is 2.35 bits per heavy atom. The number of carbonyl (C=O) groups is 3. The lowest BCUT2D eigenvalue weighted by molar-refractivity contribution is -0.110. The largest absolute Gasteiger partial charge is 0.507 e. The lowest BCUT2D eigenvalue weighted by Gasteiger charge is -2.21. The van der Waals surface area contributed by atoms with Crippen LogP contribution in [0.4, 0.5) is 0 Å². The second kappa shape index (κ2) is 6.03. The highest BCUT2D eigenvalue weighted by atomic mass is 16.5. The van der Waals surface area contributed by atoms with Crippen molar-refractivity contribution in [2.45, 2.75) is 6.92 Å². The Morgan fingerprint density at radius 1 is 1.04 bits per heavy atom. The molecule has 0 saturated heterocycles. The summed E-state index contributed by atoms with van der Waals surface area (Å²) in [5.74, 6) is -4.50. The number of aromatic hydroxyl groups is 1. The highest BCUT2D eigenvalue weighted by Gasteiger charge is 2.38. The predicted molar refractivity (Wildman–Crippen MR) is 91.6 cm³/mol. The number of hydrogen-bond donors (Lipinski definition) is 3. The quantitative estimate of drug-likeness (QED) is 0.724. The molecule has 0 spiro atoms. The van der Waals surface area contributed by atoms with Gasteiger partial charge in [0.2, 0.25) is 11.6 Å². The molecule has 0 unspecified atom stereocenters. The maximum atomic E-state index is 12.7. The van der Waals surface area contributed by atoms with E-state index in [1.807, 2.05) is 0 Å². The summed E-state index contributed by atoms with van der Waals surface area (Å²) in [7, 11) is 1.29. The van der Waals surface area contributed by atoms with Gasteiger partial charge in [0.05, 0.1) is 23.8 Å². The Labute approximate surface area is 147 Å². The summed E-state index contributed by atoms with van der Waals surface area (Å²) in [6.45, 7) is 1.65. The van der Waals surface area contributed by atoms with E-state index in [4.69, 9.17) is 4.74 Å². The number of phenols is 1. The third-order valence-electron chi connectivity index (χ3n) is 4.14. The van der Waals surface area contributed by atoms with Crippen LogP contribution in [0.1, 0.15) is 37.4 Å². The highest BCUT2D eigenvalue weighted by Crippen LogP contribution is 2.41. The second-order valence-electron chi connectivity index (χ2n) is 5.78. The molecule has 1 aliphatic carbocycles. The minimum Gasteiger partial charge on any atom is -0.507 e. The van der Waals surface area contributed by atoms with Crippen LogP contribution < -0.4 is 4.74 Å². The molecule has 0 atom stereocenters. The SMILES string of the molecule is COc1cc(C)cc(C(=O)O)c1C1=C(O)c2cccc(O)c2C(=O)C1=O. The number of methoxy groups -OCH3 is 1. The van der Waals surface area contributed by atoms with Gasteiger partial charge in [-0.15, -0.1) is 0 Å². The van der Waals surface area contributed by atoms with Crippen LogP contribution in [0.25, 0.3) is 11.3 Å². The van der Waals surface area contributed by atoms with E-state index in [1.165, 1.54) is 37.4 Å². The Bertz CT molecular complexity index is 1010. The number of carboxylic acid groups (broad SMARTS) is 1. The molecule has 0 amide bonds. The van der Waals surface area contributed by atoms with Gasteiger partial charge in [-0.05, 0) is 30.7 Å². The molecular formula is C19H14O7. The summed E-state index contributed by atoms with van der Waals surface area (Å²) >= 11 is 0. The van der Waals surface area contributed by atoms with Crippen molar-refractivity contribution in [1.29, 1.82) is 0 Å². The first-order chi connectivity index (χ1) is 12.3. The van der Waals surface area contributed by atoms with Crippen molar-refractivity contribution in [2.75, 3.05) is 7.11 Å². The summed E-state index contributed by atoms with van der Waals surface area (Å²) in [5, 5.41) is 30.0. The minimum atomic E-state index is -1.34. The number of phenolic OH excluding ortho intramolecular Hbond substituents is 1. The molecule has 132 valence electrons. The van der Waals surface area contributed by atoms with Crippen molar-refractivity contribution in [3.63, 3.8) is 0 Å². The van der Waals surface area contributed by atoms with E-state index < -0.39 is 34.6 Å². The van der Waals surface area contributed by atoms with E-state index in [1.54, 1.807) is 6.92 Å². The van der Waals surface area contributed by atoms with Gasteiger partial charge in [-0.3, -0.25) is 9.59 Å². The van der Waals surface area contributed by atoms with Gasteiger partial charge in [-0.25, -0.2) is 4.79 Å². The Hall–Kier alpha value is -3.61. The fraction of sp³-hybridized carbons (Fsp3) is 0.105. The minimum absolute atomic E-state index is 0.0358. The Morgan fingerprint density at radius 2 is 1.73 bits per heavy atom. The predicted octanol–water partition coefficient (Wildman–Crippen LogP) is 2.60. The molecule has 0 radical (unpaired) electrons. The smallest absolute Gasteiger partial charge is 0.336 e. The summed E-state index contributed by atoms with van der Waals surface area (Å²) < 4.78 is 5.19. The molecule has 2 aromatic carbocycles. The van der Waals surface area contributed by atoms with Crippen LogP contribution in [0.2, 0.25) is 0 Å². The Kier molecular flexibility index (Phi) is 4.00. The fourth-order valence-corrected chi connectivity index (χ4v) is 3.02. The molecule has 26 heavy (non-hydrogen) atoms. The van der Waals surface area contributed by atoms with Gasteiger partial charge in [-0.1, -0.05) is 12.1 Å². The van der Waals surface area contributed by atoms with Crippen LogP contribution in [0.5, 0.6) is 11.5 Å². The maximum absolute atomic E-state index is 12.7. The lowest BCUT2D eigenvalue weighted by Crippen LogP contribution is -2.25. The van der Waals surface area contributed by atoms with Crippen LogP contribution in [-0.2, 0) is 4.79 Å². The summed E-state index contributed by atoms with van der Waals surface area (Å²) in [4.78, 5) is 36.8. The van der Waals surface area contributed by atoms with Crippen molar-refractivity contribution >= 4 is 28.9 Å². The first kappa shape index (κ1) is 17.2. The second-order valence-corrected chi connectivity index (χ2v) is 5.78. The molecular weight excluding hydrogens is 340 g/mol. The molecule has 0 aliphatic heterocycles. The molecule has 0 saturated carbocycles. The zero-order valence-electron chi connectivity index (χ0n) is 13.9. The molecule has 0 bridgehead atoms. The fourth-order valence-electron chi connectivity index (χ4n) is 3.02. The van der Waals surface area contributed by atoms with Crippen LogP contribution in [0, 0.1) is 6.92 Å². The zero-order valence-corrected chi connectivity index (χ0v) is 13.9. The lowest BCUT2D eigenvalue weighted by atomic mass is 9.82. The number of aliphatic hydroxyl groups excluding tert-OH is 1. The molecule has 0 heterocycles. The van der Waals surface area contributed by atoms with Crippen LogP contribution in [0.15, 0.2) is 30.3 Å². The number of carboxylic acids is 1. The molecule has 2 aromatic rings. The van der Waals surface area contributed by atoms with Crippen LogP contribution >= 0.6 is 0 Å². The van der Waals surface area contributed by atoms with Crippen LogP contribution in [0.3, 0.4) is 0 Å². The van der Waals surface area contributed by atoms with Crippen molar-refractivity contribution in [1.82, 2.24) is 0 Å². The summed E-state index contributed by atoms with van der Waals surface area (Å²) in [5.41, 5.74) is -0.744. The molecule has 3 rings (SSSR count). The monoisotopic (exact) mass is 354 g/mol. The van der Waals surface area contributed by atoms with Gasteiger partial charge in [0.25, 0.3) is 0 Å². The number of allylic oxidation sites excluding steroid dienone is 1. The van der Waals surface area contributed by atoms with E-state index >= 15 is 0 Å². The first-order valence-electron chi connectivity index (χ1n) is 7.54. The average Bonchev–Trinajstić information content (AvgIpc) is 2.60. The van der Waals surface area contributed by atoms with E-state index in [2.05, 4.69) is 0 Å². The molecule has 0 fully saturated rings. The van der Waals surface area contributed by atoms with Crippen molar-refractivity contribution in [3.05, 3.63) is 58.1 Å². The first-order valence-corrected chi connectivity index (χ1v) is 7.54. The van der Waals surface area contributed by atoms with E-state index in [-0.39, 0.29) is 28.0 Å². The van der Waals surface area contributed by atoms with Gasteiger partial charge in [0, 0.05) is 11.1 Å². The molecule has 7 nitrogen and oxygen atoms in total. The van der Waals surface area contributed by atoms with Gasteiger partial charge >= 0.3 is 5.97 Å². The van der Waals surface area contributed by atoms with Gasteiger partial charge in [0.1, 0.15) is 17.3 Å². The molecule has 3 N–H and O–H groups in total. The molecule has 7 heteroatoms. The number of carbonyl (C=O) groups excluding carboxylic acids is 2. The number of benzene rings is 2. The Balaban J connectivity index is 2.44. The third-order valence-corrected chi connectivity index (χ3v) is 4.14. The normalized spacial score (nSPS) is 13.6. The van der Waals surface area contributed by atoms with Gasteiger partial charge in [0.15, 0.2) is 0 Å². The maximum Gasteiger partial charge on any atom is 0.336 e. The van der Waals surface area contributed by atoms with E-state index in [0.717, 1.165) is 0 Å². The van der Waals surface area contributed by atoms with Crippen molar-refractivity contribution < 1.29 is 34.4 Å². The number of ether oxygens (including phenoxy) is 1. The van der Waals surface area contributed by atoms with Crippen LogP contribution in [-0.4, -0.2) is 40.0 Å². The van der Waals surface area contributed by atoms with E-state index in [0.29, 0.717) is 5.56 Å². The van der Waals surface area contributed by atoms with Crippen molar-refractivity contribution in [2.24, 2.45) is 0 Å². The number of fused-ring (bicyclic) bond motifs is 1. The average molecular weight is 354 g/mol. The van der Waals surface area contributed by atoms with Gasteiger partial charge in [-0.2, -0.15) is 0 Å². The number of ketones is 2. The number of aryl methyl sites for hydroxylation is 1. The third kappa shape index (κ3) is 2.41. The standard InChI is InChI=1S/C19H14O7/c1-8-6-10(19(24)25)14(12(7-8)26-2)15-16(21)9-4-3-5-11(20)13(9)17(22)18(15)23/h3-7,20-21H,1-2H3,(H,24,25). The number of aliphatic hydroxyl groups is 1. The zero-order chi connectivity index (χ0) is 19.2. The molecule has 0 aromatic heterocycles. The summed E-state index contributed by atoms with van der Waals surface area (Å²) in [6.07, 6.45) is 0. The summed E-state index contributed by atoms with van der Waals surface area (Å²) in [6, 6.07) is 6.79. The number of rotatable bonds is 3. The number of Topliss-reactive ketones (excluding diaryl/α,β-unsaturated/α-hetero) is 2. The van der Waals surface area contributed by atoms with Gasteiger partial charge < -0.3 is 20.1 Å². The van der Waals surface area contributed by atoms with E-state index in [9.17, 15) is 29.7 Å². The number of hydrogen-bond acceptors (Lipinski definition) is 6. The molecule has 1 aliphatic rings.